The lowest BCUT2D eigenvalue weighted by Gasteiger charge is -2.12. The Balaban J connectivity index is 1.81. The van der Waals surface area contributed by atoms with Crippen LogP contribution in [0.5, 0.6) is 0 Å². The van der Waals surface area contributed by atoms with Crippen LogP contribution in [-0.4, -0.2) is 32.8 Å². The molecule has 1 amide bonds. The molecular weight excluding hydrogens is 330 g/mol. The maximum atomic E-state index is 12.6. The van der Waals surface area contributed by atoms with Crippen LogP contribution < -0.4 is 5.32 Å². The molecule has 6 nitrogen and oxygen atoms in total. The van der Waals surface area contributed by atoms with Gasteiger partial charge in [-0.3, -0.25) is 14.3 Å². The number of carboxylic acids is 1. The summed E-state index contributed by atoms with van der Waals surface area (Å²) in [6, 6.07) is 7.10. The standard InChI is InChI=1S/C17H18ClN3O3/c1-21-9-13(15(20-21)12-4-2-3-5-14(12)18)16(22)19-11-7-6-10(8-11)17(23)24/h2-5,9-11H,6-8H2,1H3,(H,19,22)(H,23,24)/t10-,11+/m1/s1. The highest BCUT2D eigenvalue weighted by Gasteiger charge is 2.31. The van der Waals surface area contributed by atoms with E-state index in [1.807, 2.05) is 18.2 Å². The molecule has 1 aliphatic carbocycles. The van der Waals surface area contributed by atoms with E-state index in [1.165, 1.54) is 0 Å². The number of amides is 1. The Morgan fingerprint density at radius 3 is 2.75 bits per heavy atom. The number of nitrogens with one attached hydrogen (secondary N) is 1. The molecule has 1 saturated carbocycles. The fourth-order valence-electron chi connectivity index (χ4n) is 3.11. The molecule has 0 aliphatic heterocycles. The Bertz CT molecular complexity index is 787. The molecule has 0 spiro atoms. The topological polar surface area (TPSA) is 84.2 Å². The summed E-state index contributed by atoms with van der Waals surface area (Å²) in [5.74, 6) is -1.44. The second-order valence-electron chi connectivity index (χ2n) is 6.06. The van der Waals surface area contributed by atoms with Gasteiger partial charge in [0.05, 0.1) is 16.5 Å². The monoisotopic (exact) mass is 347 g/mol. The van der Waals surface area contributed by atoms with Gasteiger partial charge < -0.3 is 10.4 Å². The van der Waals surface area contributed by atoms with Crippen LogP contribution in [0.15, 0.2) is 30.5 Å². The highest BCUT2D eigenvalue weighted by Crippen LogP contribution is 2.30. The van der Waals surface area contributed by atoms with Crippen LogP contribution in [0.3, 0.4) is 0 Å². The number of aromatic nitrogens is 2. The summed E-state index contributed by atoms with van der Waals surface area (Å²) in [6.45, 7) is 0. The van der Waals surface area contributed by atoms with Gasteiger partial charge in [-0.1, -0.05) is 29.8 Å². The van der Waals surface area contributed by atoms with Crippen molar-refractivity contribution in [3.8, 4) is 11.3 Å². The van der Waals surface area contributed by atoms with Gasteiger partial charge in [0.2, 0.25) is 0 Å². The average Bonchev–Trinajstić information content (AvgIpc) is 3.14. The smallest absolute Gasteiger partial charge is 0.306 e. The first-order valence-electron chi connectivity index (χ1n) is 7.78. The summed E-state index contributed by atoms with van der Waals surface area (Å²) < 4.78 is 1.57. The van der Waals surface area contributed by atoms with Crippen LogP contribution >= 0.6 is 11.6 Å². The molecule has 2 atom stereocenters. The van der Waals surface area contributed by atoms with Gasteiger partial charge in [-0.05, 0) is 25.3 Å². The predicted molar refractivity (Wildman–Crippen MR) is 89.9 cm³/mol. The Morgan fingerprint density at radius 2 is 2.08 bits per heavy atom. The molecule has 1 aromatic heterocycles. The molecule has 7 heteroatoms. The zero-order valence-electron chi connectivity index (χ0n) is 13.2. The Kier molecular flexibility index (Phi) is 4.57. The predicted octanol–water partition coefficient (Wildman–Crippen LogP) is 2.72. The van der Waals surface area contributed by atoms with Crippen LogP contribution in [0, 0.1) is 5.92 Å². The van der Waals surface area contributed by atoms with Crippen LogP contribution in [0.2, 0.25) is 5.02 Å². The van der Waals surface area contributed by atoms with E-state index in [9.17, 15) is 9.59 Å². The van der Waals surface area contributed by atoms with Crippen LogP contribution in [0.4, 0.5) is 0 Å². The minimum Gasteiger partial charge on any atom is -0.481 e. The summed E-state index contributed by atoms with van der Waals surface area (Å²) >= 11 is 6.22. The average molecular weight is 348 g/mol. The molecule has 2 N–H and O–H groups in total. The highest BCUT2D eigenvalue weighted by atomic mass is 35.5. The van der Waals surface area contributed by atoms with Crippen molar-refractivity contribution in [2.45, 2.75) is 25.3 Å². The van der Waals surface area contributed by atoms with Gasteiger partial charge in [0.25, 0.3) is 5.91 Å². The van der Waals surface area contributed by atoms with Crippen LogP contribution in [0.1, 0.15) is 29.6 Å². The third-order valence-corrected chi connectivity index (χ3v) is 4.65. The SMILES string of the molecule is Cn1cc(C(=O)N[C@H]2CC[C@@H](C(=O)O)C2)c(-c2ccccc2Cl)n1. The summed E-state index contributed by atoms with van der Waals surface area (Å²) in [5, 5.41) is 16.9. The van der Waals surface area contributed by atoms with E-state index in [0.29, 0.717) is 41.1 Å². The third kappa shape index (κ3) is 3.28. The van der Waals surface area contributed by atoms with Crippen LogP contribution in [0.25, 0.3) is 11.3 Å². The quantitative estimate of drug-likeness (QED) is 0.890. The van der Waals surface area contributed by atoms with E-state index in [0.717, 1.165) is 0 Å². The summed E-state index contributed by atoms with van der Waals surface area (Å²) in [6.07, 6.45) is 3.37. The largest absolute Gasteiger partial charge is 0.481 e. The van der Waals surface area contributed by atoms with Crippen molar-refractivity contribution in [2.24, 2.45) is 13.0 Å². The minimum atomic E-state index is -0.801. The van der Waals surface area contributed by atoms with E-state index in [1.54, 1.807) is 24.0 Å². The number of aliphatic carboxylic acids is 1. The number of benzene rings is 1. The summed E-state index contributed by atoms with van der Waals surface area (Å²) in [5.41, 5.74) is 1.65. The Morgan fingerprint density at radius 1 is 1.33 bits per heavy atom. The van der Waals surface area contributed by atoms with Crippen molar-refractivity contribution in [3.63, 3.8) is 0 Å². The van der Waals surface area contributed by atoms with Gasteiger partial charge in [0, 0.05) is 24.8 Å². The number of hydrogen-bond acceptors (Lipinski definition) is 3. The van der Waals surface area contributed by atoms with Crippen molar-refractivity contribution in [1.82, 2.24) is 15.1 Å². The maximum absolute atomic E-state index is 12.6. The highest BCUT2D eigenvalue weighted by molar-refractivity contribution is 6.33. The summed E-state index contributed by atoms with van der Waals surface area (Å²) in [4.78, 5) is 23.7. The van der Waals surface area contributed by atoms with Crippen molar-refractivity contribution in [2.75, 3.05) is 0 Å². The molecule has 2 aromatic rings. The number of aryl methyl sites for hydroxylation is 1. The number of hydrogen-bond donors (Lipinski definition) is 2. The van der Waals surface area contributed by atoms with Crippen molar-refractivity contribution >= 4 is 23.5 Å². The third-order valence-electron chi connectivity index (χ3n) is 4.32. The molecule has 126 valence electrons. The number of carbonyl (C=O) groups is 2. The second kappa shape index (κ2) is 6.65. The van der Waals surface area contributed by atoms with E-state index in [4.69, 9.17) is 16.7 Å². The van der Waals surface area contributed by atoms with E-state index >= 15 is 0 Å². The lowest BCUT2D eigenvalue weighted by molar-refractivity contribution is -0.141. The van der Waals surface area contributed by atoms with Crippen molar-refractivity contribution in [1.29, 1.82) is 0 Å². The zero-order valence-corrected chi connectivity index (χ0v) is 14.0. The number of rotatable bonds is 4. The van der Waals surface area contributed by atoms with Crippen molar-refractivity contribution < 1.29 is 14.7 Å². The first kappa shape index (κ1) is 16.5. The van der Waals surface area contributed by atoms with Gasteiger partial charge in [0.1, 0.15) is 5.69 Å². The molecule has 0 radical (unpaired) electrons. The van der Waals surface area contributed by atoms with Crippen LogP contribution in [-0.2, 0) is 11.8 Å². The number of carboxylic acid groups (broad SMARTS) is 1. The Labute approximate surface area is 144 Å². The van der Waals surface area contributed by atoms with E-state index in [2.05, 4.69) is 10.4 Å². The zero-order chi connectivity index (χ0) is 17.3. The van der Waals surface area contributed by atoms with Crippen molar-refractivity contribution in [3.05, 3.63) is 41.0 Å². The molecular formula is C17H18ClN3O3. The molecule has 1 aliphatic rings. The fourth-order valence-corrected chi connectivity index (χ4v) is 3.33. The molecule has 1 heterocycles. The van der Waals surface area contributed by atoms with Gasteiger partial charge in [-0.2, -0.15) is 5.10 Å². The molecule has 24 heavy (non-hydrogen) atoms. The van der Waals surface area contributed by atoms with Gasteiger partial charge in [0.15, 0.2) is 0 Å². The molecule has 3 rings (SSSR count). The molecule has 1 aromatic carbocycles. The fraction of sp³-hybridized carbons (Fsp3) is 0.353. The second-order valence-corrected chi connectivity index (χ2v) is 6.47. The number of nitrogens with zero attached hydrogens (tertiary/aromatic N) is 2. The minimum absolute atomic E-state index is 0.127. The molecule has 0 unspecified atom stereocenters. The summed E-state index contributed by atoms with van der Waals surface area (Å²) in [7, 11) is 1.74. The molecule has 0 bridgehead atoms. The molecule has 0 saturated heterocycles. The van der Waals surface area contributed by atoms with Gasteiger partial charge in [-0.25, -0.2) is 0 Å². The lowest BCUT2D eigenvalue weighted by Crippen LogP contribution is -2.33. The number of carbonyl (C=O) groups excluding carboxylic acids is 1. The maximum Gasteiger partial charge on any atom is 0.306 e. The first-order valence-corrected chi connectivity index (χ1v) is 8.15. The normalized spacial score (nSPS) is 20.1. The van der Waals surface area contributed by atoms with E-state index < -0.39 is 5.97 Å². The van der Waals surface area contributed by atoms with Gasteiger partial charge >= 0.3 is 5.97 Å². The lowest BCUT2D eigenvalue weighted by atomic mass is 10.1. The first-order chi connectivity index (χ1) is 11.5. The molecule has 1 fully saturated rings. The van der Waals surface area contributed by atoms with Gasteiger partial charge in [-0.15, -0.1) is 0 Å². The van der Waals surface area contributed by atoms with E-state index in [-0.39, 0.29) is 17.9 Å². The number of halogens is 1. The Hall–Kier alpha value is -2.34.